The van der Waals surface area contributed by atoms with E-state index in [0.717, 1.165) is 50.0 Å². The Hall–Kier alpha value is -4.32. The molecule has 2 fully saturated rings. The van der Waals surface area contributed by atoms with Crippen molar-refractivity contribution in [2.45, 2.75) is 49.8 Å². The van der Waals surface area contributed by atoms with Crippen LogP contribution >= 0.6 is 0 Å². The second-order valence-corrected chi connectivity index (χ2v) is 11.1. The quantitative estimate of drug-likeness (QED) is 0.269. The van der Waals surface area contributed by atoms with Gasteiger partial charge in [0.1, 0.15) is 5.60 Å². The van der Waals surface area contributed by atoms with Crippen molar-refractivity contribution in [3.8, 4) is 11.3 Å². The van der Waals surface area contributed by atoms with Crippen LogP contribution in [0.15, 0.2) is 79.1 Å². The van der Waals surface area contributed by atoms with Gasteiger partial charge in [-0.05, 0) is 24.8 Å². The number of carboxylic acids is 2. The first-order valence-electron chi connectivity index (χ1n) is 14.8. The highest BCUT2D eigenvalue weighted by molar-refractivity contribution is 5.98. The van der Waals surface area contributed by atoms with E-state index in [4.69, 9.17) is 19.9 Å². The Morgan fingerprint density at radius 3 is 2.32 bits per heavy atom. The Bertz CT molecular complexity index is 1410. The lowest BCUT2D eigenvalue weighted by Gasteiger charge is -2.41. The van der Waals surface area contributed by atoms with Crippen molar-refractivity contribution in [2.24, 2.45) is 0 Å². The number of aromatic nitrogens is 2. The molecule has 0 spiro atoms. The van der Waals surface area contributed by atoms with E-state index in [1.165, 1.54) is 5.56 Å². The van der Waals surface area contributed by atoms with Crippen LogP contribution in [-0.2, 0) is 20.7 Å². The second-order valence-electron chi connectivity index (χ2n) is 11.1. The van der Waals surface area contributed by atoms with E-state index >= 15 is 0 Å². The molecule has 3 aromatic rings. The molecule has 0 unspecified atom stereocenters. The molecule has 234 valence electrons. The maximum atomic E-state index is 14.1. The van der Waals surface area contributed by atoms with Crippen molar-refractivity contribution in [3.63, 3.8) is 0 Å². The third kappa shape index (κ3) is 8.19. The number of methoxy groups -OCH3 is 1. The normalized spacial score (nSPS) is 21.8. The van der Waals surface area contributed by atoms with Gasteiger partial charge in [-0.2, -0.15) is 0 Å². The van der Waals surface area contributed by atoms with Gasteiger partial charge < -0.3 is 34.8 Å². The molecule has 44 heavy (non-hydrogen) atoms. The highest BCUT2D eigenvalue weighted by atomic mass is 16.5. The van der Waals surface area contributed by atoms with E-state index in [1.807, 2.05) is 58.0 Å². The zero-order chi connectivity index (χ0) is 31.5. The summed E-state index contributed by atoms with van der Waals surface area (Å²) >= 11 is 0. The fourth-order valence-electron chi connectivity index (χ4n) is 6.03. The van der Waals surface area contributed by atoms with Crippen LogP contribution in [0.2, 0.25) is 0 Å². The van der Waals surface area contributed by atoms with Gasteiger partial charge in [-0.15, -0.1) is 0 Å². The molecule has 1 saturated carbocycles. The number of piperazine rings is 1. The number of carbonyl (C=O) groups excluding carboxylic acids is 1. The second kappa shape index (κ2) is 15.4. The third-order valence-electron chi connectivity index (χ3n) is 8.02. The Balaban J connectivity index is 0.000000488. The minimum Gasteiger partial charge on any atom is -0.478 e. The van der Waals surface area contributed by atoms with Crippen molar-refractivity contribution in [1.29, 1.82) is 0 Å². The van der Waals surface area contributed by atoms with Gasteiger partial charge in [-0.1, -0.05) is 73.5 Å². The summed E-state index contributed by atoms with van der Waals surface area (Å²) in [6.45, 7) is 2.39. The summed E-state index contributed by atoms with van der Waals surface area (Å²) in [5, 5.41) is 30.7. The number of amides is 1. The van der Waals surface area contributed by atoms with Gasteiger partial charge in [0.2, 0.25) is 0 Å². The summed E-state index contributed by atoms with van der Waals surface area (Å²) in [5.41, 5.74) is 2.37. The maximum Gasteiger partial charge on any atom is 0.328 e. The summed E-state index contributed by atoms with van der Waals surface area (Å²) in [5.74, 6) is -2.57. The summed E-state index contributed by atoms with van der Waals surface area (Å²) in [7, 11) is 1.63. The van der Waals surface area contributed by atoms with Crippen molar-refractivity contribution in [2.75, 3.05) is 33.4 Å². The highest BCUT2D eigenvalue weighted by Crippen LogP contribution is 2.41. The number of aliphatic carboxylic acids is 2. The molecule has 0 radical (unpaired) electrons. The van der Waals surface area contributed by atoms with E-state index in [9.17, 15) is 19.5 Å². The van der Waals surface area contributed by atoms with Crippen molar-refractivity contribution in [3.05, 3.63) is 90.4 Å². The first-order valence-corrected chi connectivity index (χ1v) is 14.8. The molecule has 1 aromatic heterocycles. The predicted octanol–water partition coefficient (Wildman–Crippen LogP) is 3.41. The van der Waals surface area contributed by atoms with Crippen LogP contribution in [0.1, 0.15) is 47.8 Å². The molecule has 2 heterocycles. The average Bonchev–Trinajstić information content (AvgIpc) is 3.46. The largest absolute Gasteiger partial charge is 0.478 e. The lowest BCUT2D eigenvalue weighted by atomic mass is 9.80. The number of benzene rings is 2. The van der Waals surface area contributed by atoms with Crippen LogP contribution in [0.4, 0.5) is 0 Å². The van der Waals surface area contributed by atoms with E-state index in [1.54, 1.807) is 13.4 Å². The maximum absolute atomic E-state index is 14.1. The number of hydrogen-bond donors (Lipinski definition) is 4. The number of nitrogens with one attached hydrogen (secondary N) is 1. The summed E-state index contributed by atoms with van der Waals surface area (Å²) < 4.78 is 7.47. The molecule has 1 amide bonds. The van der Waals surface area contributed by atoms with Gasteiger partial charge in [-0.25, -0.2) is 14.6 Å². The molecular formula is C33H40N4O7. The van der Waals surface area contributed by atoms with Crippen molar-refractivity contribution < 1.29 is 34.4 Å². The lowest BCUT2D eigenvalue weighted by molar-refractivity contribution is -0.134. The number of nitrogens with zero attached hydrogens (tertiary/aromatic N) is 3. The lowest BCUT2D eigenvalue weighted by Crippen LogP contribution is -2.54. The molecule has 2 aromatic carbocycles. The summed E-state index contributed by atoms with van der Waals surface area (Å²) in [6.07, 6.45) is 7.11. The number of carbonyl (C=O) groups is 3. The molecule has 4 N–H and O–H groups in total. The van der Waals surface area contributed by atoms with Gasteiger partial charge in [-0.3, -0.25) is 4.79 Å². The Kier molecular flexibility index (Phi) is 11.4. The molecule has 1 saturated heterocycles. The average molecular weight is 605 g/mol. The van der Waals surface area contributed by atoms with E-state index in [0.29, 0.717) is 30.8 Å². The van der Waals surface area contributed by atoms with E-state index < -0.39 is 17.5 Å². The van der Waals surface area contributed by atoms with Crippen LogP contribution in [-0.4, -0.2) is 92.6 Å². The molecule has 11 nitrogen and oxygen atoms in total. The number of ether oxygens (including phenoxy) is 1. The summed E-state index contributed by atoms with van der Waals surface area (Å²) in [6, 6.07) is 20.1. The minimum absolute atomic E-state index is 0.0440. The van der Waals surface area contributed by atoms with Gasteiger partial charge in [0.25, 0.3) is 5.91 Å². The smallest absolute Gasteiger partial charge is 0.328 e. The zero-order valence-electron chi connectivity index (χ0n) is 24.8. The SMILES string of the molecule is COC[C@]1(O)CCCC[C@H]1n1cnc(C(=O)N2CCNC[C@H]2Cc2ccccc2)c1-c1ccccc1.O=C(O)/C=C/C(=O)O. The molecule has 1 aliphatic carbocycles. The number of aliphatic hydroxyl groups is 1. The molecule has 1 aliphatic heterocycles. The van der Waals surface area contributed by atoms with Crippen LogP contribution < -0.4 is 5.32 Å². The number of hydrogen-bond acceptors (Lipinski definition) is 7. The topological polar surface area (TPSA) is 154 Å². The Morgan fingerprint density at radius 2 is 1.68 bits per heavy atom. The highest BCUT2D eigenvalue weighted by Gasteiger charge is 2.42. The van der Waals surface area contributed by atoms with Gasteiger partial charge in [0, 0.05) is 50.5 Å². The standard InChI is InChI=1S/C29H36N4O3.C4H4O4/c1-36-20-29(35)15-9-8-14-25(29)33-21-31-26(27(33)23-12-6-3-7-13-23)28(34)32-17-16-30-19-24(32)18-22-10-4-2-5-11-22;5-3(6)1-2-4(7)8/h2-7,10-13,21,24-25,30,35H,8-9,14-20H2,1H3;1-2H,(H,5,6)(H,7,8)/b;2-1+/t24-,25-,29-;/m1./s1. The first-order chi connectivity index (χ1) is 21.2. The minimum atomic E-state index is -1.26. The monoisotopic (exact) mass is 604 g/mol. The van der Waals surface area contributed by atoms with Crippen molar-refractivity contribution in [1.82, 2.24) is 19.8 Å². The molecule has 2 aliphatic rings. The van der Waals surface area contributed by atoms with Crippen LogP contribution in [0.25, 0.3) is 11.3 Å². The van der Waals surface area contributed by atoms with Gasteiger partial charge in [0.05, 0.1) is 24.7 Å². The summed E-state index contributed by atoms with van der Waals surface area (Å²) in [4.78, 5) is 39.9. The first kappa shape index (κ1) is 32.6. The third-order valence-corrected chi connectivity index (χ3v) is 8.02. The van der Waals surface area contributed by atoms with Crippen LogP contribution in [0.5, 0.6) is 0 Å². The number of imidazole rings is 1. The Morgan fingerprint density at radius 1 is 1.02 bits per heavy atom. The molecule has 11 heteroatoms. The fraction of sp³-hybridized carbons (Fsp3) is 0.394. The molecule has 3 atom stereocenters. The molecular weight excluding hydrogens is 564 g/mol. The molecule has 0 bridgehead atoms. The van der Waals surface area contributed by atoms with E-state index in [2.05, 4.69) is 17.4 Å². The van der Waals surface area contributed by atoms with E-state index in [-0.39, 0.29) is 24.6 Å². The zero-order valence-corrected chi connectivity index (χ0v) is 24.8. The Labute approximate surface area is 256 Å². The predicted molar refractivity (Wildman–Crippen MR) is 164 cm³/mol. The van der Waals surface area contributed by atoms with Crippen LogP contribution in [0.3, 0.4) is 0 Å². The fourth-order valence-corrected chi connectivity index (χ4v) is 6.03. The van der Waals surface area contributed by atoms with Gasteiger partial charge in [0.15, 0.2) is 5.69 Å². The number of carboxylic acid groups (broad SMARTS) is 2. The molecule has 5 rings (SSSR count). The van der Waals surface area contributed by atoms with Crippen LogP contribution in [0, 0.1) is 0 Å². The van der Waals surface area contributed by atoms with Crippen molar-refractivity contribution >= 4 is 17.8 Å². The van der Waals surface area contributed by atoms with Gasteiger partial charge >= 0.3 is 11.9 Å². The number of rotatable bonds is 9.